The van der Waals surface area contributed by atoms with E-state index >= 15 is 0 Å². The number of thiazole rings is 2. The molecule has 53 heavy (non-hydrogen) atoms. The van der Waals surface area contributed by atoms with E-state index in [4.69, 9.17) is 16.7 Å². The van der Waals surface area contributed by atoms with E-state index in [1.54, 1.807) is 60.0 Å². The summed E-state index contributed by atoms with van der Waals surface area (Å²) in [7, 11) is 0. The Hall–Kier alpha value is -5.76. The van der Waals surface area contributed by atoms with Gasteiger partial charge in [0.05, 0.1) is 12.3 Å². The fourth-order valence-corrected chi connectivity index (χ4v) is 6.94. The van der Waals surface area contributed by atoms with E-state index in [0.717, 1.165) is 22.5 Å². The van der Waals surface area contributed by atoms with Gasteiger partial charge in [-0.15, -0.1) is 22.7 Å². The predicted molar refractivity (Wildman–Crippen MR) is 203 cm³/mol. The topological polar surface area (TPSA) is 159 Å². The first-order valence-electron chi connectivity index (χ1n) is 16.1. The number of halogens is 2. The van der Waals surface area contributed by atoms with Gasteiger partial charge in [0, 0.05) is 39.5 Å². The van der Waals surface area contributed by atoms with Crippen LogP contribution in [0.15, 0.2) is 120 Å². The molecule has 0 spiro atoms. The van der Waals surface area contributed by atoms with E-state index in [1.165, 1.54) is 22.8 Å². The summed E-state index contributed by atoms with van der Waals surface area (Å²) in [4.78, 5) is 56.0. The molecule has 10 nitrogen and oxygen atoms in total. The van der Waals surface area contributed by atoms with Gasteiger partial charge in [0.2, 0.25) is 0 Å². The maximum Gasteiger partial charge on any atom is 0.312 e. The summed E-state index contributed by atoms with van der Waals surface area (Å²) in [6.45, 7) is -0.0117. The van der Waals surface area contributed by atoms with E-state index in [0.29, 0.717) is 32.6 Å². The van der Waals surface area contributed by atoms with Crippen LogP contribution >= 0.6 is 34.3 Å². The average molecular weight is 771 g/mol. The van der Waals surface area contributed by atoms with Crippen LogP contribution in [-0.4, -0.2) is 56.5 Å². The molecule has 0 aliphatic heterocycles. The highest BCUT2D eigenvalue weighted by molar-refractivity contribution is 7.13. The fraction of sp³-hybridized carbons (Fsp3) is 0.128. The van der Waals surface area contributed by atoms with Crippen molar-refractivity contribution in [1.82, 2.24) is 20.6 Å². The lowest BCUT2D eigenvalue weighted by Gasteiger charge is -2.16. The molecule has 14 heteroatoms. The van der Waals surface area contributed by atoms with Gasteiger partial charge in [-0.2, -0.15) is 0 Å². The zero-order chi connectivity index (χ0) is 37.7. The van der Waals surface area contributed by atoms with Gasteiger partial charge in [-0.3, -0.25) is 19.2 Å². The van der Waals surface area contributed by atoms with Crippen molar-refractivity contribution in [2.75, 3.05) is 6.54 Å². The highest BCUT2D eigenvalue weighted by atomic mass is 35.5. The summed E-state index contributed by atoms with van der Waals surface area (Å²) < 4.78 is 13.9. The Morgan fingerprint density at radius 3 is 2.04 bits per heavy atom. The number of rotatable bonds is 13. The lowest BCUT2D eigenvalue weighted by molar-refractivity contribution is -0.139. The number of amides is 2. The van der Waals surface area contributed by atoms with E-state index in [2.05, 4.69) is 20.6 Å². The number of carbonyl (C=O) groups excluding carboxylic acids is 2. The van der Waals surface area contributed by atoms with Crippen molar-refractivity contribution in [3.05, 3.63) is 153 Å². The van der Waals surface area contributed by atoms with Gasteiger partial charge in [-0.1, -0.05) is 96.5 Å². The van der Waals surface area contributed by atoms with Crippen molar-refractivity contribution in [3.63, 3.8) is 0 Å². The number of hydrogen-bond acceptors (Lipinski definition) is 8. The molecule has 2 heterocycles. The first kappa shape index (κ1) is 38.5. The number of nitrogens with zero attached hydrogens (tertiary/aromatic N) is 2. The zero-order valence-corrected chi connectivity index (χ0v) is 30.2. The minimum absolute atomic E-state index is 0.0117. The zero-order valence-electron chi connectivity index (χ0n) is 27.8. The molecule has 4 N–H and O–H groups in total. The van der Waals surface area contributed by atoms with E-state index in [9.17, 15) is 28.7 Å². The number of carboxylic acids is 2. The maximum absolute atomic E-state index is 13.9. The Bertz CT molecular complexity index is 2180. The van der Waals surface area contributed by atoms with Crippen LogP contribution in [0.25, 0.3) is 21.1 Å². The number of aliphatic carboxylic acids is 2. The minimum atomic E-state index is -0.999. The largest absolute Gasteiger partial charge is 0.481 e. The number of hydrogen-bond donors (Lipinski definition) is 4. The first-order valence-corrected chi connectivity index (χ1v) is 18.3. The summed E-state index contributed by atoms with van der Waals surface area (Å²) >= 11 is 8.47. The number of benzene rings is 4. The predicted octanol–water partition coefficient (Wildman–Crippen LogP) is 7.83. The van der Waals surface area contributed by atoms with Crippen LogP contribution < -0.4 is 10.6 Å². The molecule has 270 valence electrons. The van der Waals surface area contributed by atoms with Crippen LogP contribution in [-0.2, 0) is 16.0 Å². The molecule has 0 radical (unpaired) electrons. The lowest BCUT2D eigenvalue weighted by Crippen LogP contribution is -2.38. The molecule has 2 unspecified atom stereocenters. The Balaban J connectivity index is 0.000000204. The van der Waals surface area contributed by atoms with Gasteiger partial charge in [0.25, 0.3) is 11.8 Å². The normalized spacial score (nSPS) is 11.7. The minimum Gasteiger partial charge on any atom is -0.481 e. The molecular weight excluding hydrogens is 739 g/mol. The SMILES string of the molecule is O=C(NCC(C(=O)O)c1ccccc1)c1csc(-c2cccc(Cl)c2)n1.O=C(O)CC(Cc1ccccc1)NC(=O)c1csc(-c2ccccc2F)n1. The number of nitrogens with one attached hydrogen (secondary N) is 2. The smallest absolute Gasteiger partial charge is 0.312 e. The summed E-state index contributed by atoms with van der Waals surface area (Å²) in [5, 5.41) is 28.8. The first-order chi connectivity index (χ1) is 25.6. The fourth-order valence-electron chi connectivity index (χ4n) is 5.13. The average Bonchev–Trinajstić information content (AvgIpc) is 3.84. The highest BCUT2D eigenvalue weighted by Gasteiger charge is 2.22. The van der Waals surface area contributed by atoms with Crippen molar-refractivity contribution >= 4 is 58.0 Å². The molecule has 0 saturated heterocycles. The van der Waals surface area contributed by atoms with Crippen LogP contribution in [0.4, 0.5) is 4.39 Å². The van der Waals surface area contributed by atoms with Crippen LogP contribution in [0, 0.1) is 5.82 Å². The summed E-state index contributed by atoms with van der Waals surface area (Å²) in [6.07, 6.45) is 0.189. The Kier molecular flexibility index (Phi) is 13.5. The van der Waals surface area contributed by atoms with Crippen LogP contribution in [0.3, 0.4) is 0 Å². The molecule has 2 aromatic heterocycles. The van der Waals surface area contributed by atoms with Crippen molar-refractivity contribution < 1.29 is 33.8 Å². The molecule has 0 bridgehead atoms. The van der Waals surface area contributed by atoms with Gasteiger partial charge in [0.15, 0.2) is 0 Å². The Morgan fingerprint density at radius 2 is 1.38 bits per heavy atom. The lowest BCUT2D eigenvalue weighted by atomic mass is 9.99. The molecule has 6 aromatic rings. The van der Waals surface area contributed by atoms with E-state index in [1.807, 2.05) is 48.5 Å². The van der Waals surface area contributed by atoms with Gasteiger partial charge < -0.3 is 20.8 Å². The monoisotopic (exact) mass is 770 g/mol. The third-order valence-corrected chi connectivity index (χ3v) is 9.70. The van der Waals surface area contributed by atoms with Crippen molar-refractivity contribution in [2.24, 2.45) is 0 Å². The third-order valence-electron chi connectivity index (χ3n) is 7.70. The number of carboxylic acid groups (broad SMARTS) is 2. The molecular formula is C39H32ClFN4O6S2. The molecule has 0 aliphatic carbocycles. The third kappa shape index (κ3) is 11.1. The molecule has 0 aliphatic rings. The van der Waals surface area contributed by atoms with Gasteiger partial charge >= 0.3 is 11.9 Å². The summed E-state index contributed by atoms with van der Waals surface area (Å²) in [5.41, 5.74) is 3.11. The van der Waals surface area contributed by atoms with Crippen molar-refractivity contribution in [1.29, 1.82) is 0 Å². The molecule has 0 saturated carbocycles. The molecule has 2 atom stereocenters. The second-order valence-electron chi connectivity index (χ2n) is 11.5. The highest BCUT2D eigenvalue weighted by Crippen LogP contribution is 2.27. The summed E-state index contributed by atoms with van der Waals surface area (Å²) in [6, 6.07) is 31.0. The standard InChI is InChI=1S/C20H17FN2O3S.C19H15ClN2O3S/c21-16-9-5-4-8-15(16)20-23-17(12-27-20)19(26)22-14(11-18(24)25)10-13-6-2-1-3-7-13;20-14-8-4-7-13(9-14)18-22-16(11-26-18)17(23)21-10-15(19(24)25)12-5-2-1-3-6-12/h1-9,12,14H,10-11H2,(H,22,26)(H,24,25);1-9,11,15H,10H2,(H,21,23)(H,24,25). The Labute approximate surface area is 317 Å². The van der Waals surface area contributed by atoms with Gasteiger partial charge in [-0.25, -0.2) is 14.4 Å². The molecule has 0 fully saturated rings. The van der Waals surface area contributed by atoms with Gasteiger partial charge in [-0.05, 0) is 41.8 Å². The number of aromatic nitrogens is 2. The molecule has 4 aromatic carbocycles. The van der Waals surface area contributed by atoms with Crippen molar-refractivity contribution in [2.45, 2.75) is 24.8 Å². The van der Waals surface area contributed by atoms with E-state index < -0.39 is 41.5 Å². The van der Waals surface area contributed by atoms with Crippen LogP contribution in [0.1, 0.15) is 44.4 Å². The second kappa shape index (κ2) is 18.6. The maximum atomic E-state index is 13.9. The number of carbonyl (C=O) groups is 4. The van der Waals surface area contributed by atoms with Crippen molar-refractivity contribution in [3.8, 4) is 21.1 Å². The van der Waals surface area contributed by atoms with E-state index in [-0.39, 0.29) is 24.4 Å². The second-order valence-corrected chi connectivity index (χ2v) is 13.7. The summed E-state index contributed by atoms with van der Waals surface area (Å²) in [5.74, 6) is -4.10. The Morgan fingerprint density at radius 1 is 0.755 bits per heavy atom. The quantitative estimate of drug-likeness (QED) is 0.0926. The van der Waals surface area contributed by atoms with Crippen LogP contribution in [0.2, 0.25) is 5.02 Å². The molecule has 2 amide bonds. The van der Waals surface area contributed by atoms with Gasteiger partial charge in [0.1, 0.15) is 27.2 Å². The van der Waals surface area contributed by atoms with Crippen LogP contribution in [0.5, 0.6) is 0 Å². The molecule has 6 rings (SSSR count).